The molecule has 0 bridgehead atoms. The summed E-state index contributed by atoms with van der Waals surface area (Å²) < 4.78 is 38.3. The van der Waals surface area contributed by atoms with Gasteiger partial charge in [0.2, 0.25) is 5.95 Å². The third kappa shape index (κ3) is 3.13. The summed E-state index contributed by atoms with van der Waals surface area (Å²) in [6, 6.07) is 7.21. The summed E-state index contributed by atoms with van der Waals surface area (Å²) >= 11 is 0. The summed E-state index contributed by atoms with van der Waals surface area (Å²) in [4.78, 5) is 12.4. The number of halogens is 3. The van der Waals surface area contributed by atoms with E-state index in [1.54, 1.807) is 24.5 Å². The molecule has 2 aromatic rings. The number of benzene rings is 1. The molecule has 0 atom stereocenters. The number of nitrogens with zero attached hydrogens (tertiary/aromatic N) is 4. The van der Waals surface area contributed by atoms with Gasteiger partial charge in [-0.25, -0.2) is 9.97 Å². The molecule has 3 rings (SSSR count). The molecule has 1 aliphatic rings. The van der Waals surface area contributed by atoms with E-state index in [1.807, 2.05) is 9.80 Å². The van der Waals surface area contributed by atoms with E-state index in [9.17, 15) is 13.2 Å². The molecule has 0 spiro atoms. The Labute approximate surface area is 126 Å². The smallest absolute Gasteiger partial charge is 0.368 e. The molecular formula is C15H15F3N4. The fraction of sp³-hybridized carbons (Fsp3) is 0.333. The quantitative estimate of drug-likeness (QED) is 0.854. The molecule has 2 heterocycles. The van der Waals surface area contributed by atoms with Gasteiger partial charge in [0.25, 0.3) is 0 Å². The predicted molar refractivity (Wildman–Crippen MR) is 77.9 cm³/mol. The monoisotopic (exact) mass is 308 g/mol. The highest BCUT2D eigenvalue weighted by molar-refractivity contribution is 5.51. The second-order valence-electron chi connectivity index (χ2n) is 5.07. The van der Waals surface area contributed by atoms with Gasteiger partial charge in [-0.05, 0) is 24.3 Å². The van der Waals surface area contributed by atoms with Crippen molar-refractivity contribution in [1.29, 1.82) is 0 Å². The van der Waals surface area contributed by atoms with Crippen molar-refractivity contribution < 1.29 is 13.2 Å². The van der Waals surface area contributed by atoms with Crippen molar-refractivity contribution in [1.82, 2.24) is 9.97 Å². The average molecular weight is 308 g/mol. The maximum absolute atomic E-state index is 12.8. The zero-order chi connectivity index (χ0) is 15.6. The van der Waals surface area contributed by atoms with Gasteiger partial charge in [0.05, 0.1) is 5.56 Å². The van der Waals surface area contributed by atoms with E-state index in [2.05, 4.69) is 9.97 Å². The summed E-state index contributed by atoms with van der Waals surface area (Å²) in [6.07, 6.45) is -0.946. The summed E-state index contributed by atoms with van der Waals surface area (Å²) in [7, 11) is 0. The van der Waals surface area contributed by atoms with Crippen molar-refractivity contribution in [3.63, 3.8) is 0 Å². The minimum atomic E-state index is -4.31. The maximum atomic E-state index is 12.8. The van der Waals surface area contributed by atoms with Gasteiger partial charge in [-0.1, -0.05) is 6.07 Å². The van der Waals surface area contributed by atoms with Gasteiger partial charge in [0, 0.05) is 44.3 Å². The van der Waals surface area contributed by atoms with Crippen LogP contribution in [0, 0.1) is 0 Å². The molecule has 0 amide bonds. The first-order valence-electron chi connectivity index (χ1n) is 6.98. The molecule has 7 heteroatoms. The van der Waals surface area contributed by atoms with Crippen LogP contribution in [-0.2, 0) is 6.18 Å². The second-order valence-corrected chi connectivity index (χ2v) is 5.07. The van der Waals surface area contributed by atoms with Gasteiger partial charge in [-0.3, -0.25) is 0 Å². The van der Waals surface area contributed by atoms with E-state index < -0.39 is 11.7 Å². The minimum Gasteiger partial charge on any atom is -0.368 e. The van der Waals surface area contributed by atoms with E-state index in [4.69, 9.17) is 0 Å². The van der Waals surface area contributed by atoms with Gasteiger partial charge in [0.1, 0.15) is 0 Å². The maximum Gasteiger partial charge on any atom is 0.416 e. The van der Waals surface area contributed by atoms with Crippen LogP contribution in [0.2, 0.25) is 0 Å². The molecular weight excluding hydrogens is 293 g/mol. The van der Waals surface area contributed by atoms with Gasteiger partial charge in [-0.15, -0.1) is 0 Å². The van der Waals surface area contributed by atoms with Crippen LogP contribution >= 0.6 is 0 Å². The summed E-state index contributed by atoms with van der Waals surface area (Å²) in [6.45, 7) is 2.64. The van der Waals surface area contributed by atoms with Crippen molar-refractivity contribution in [2.45, 2.75) is 6.18 Å². The first kappa shape index (κ1) is 14.6. The molecule has 0 saturated carbocycles. The molecule has 4 nitrogen and oxygen atoms in total. The number of hydrogen-bond donors (Lipinski definition) is 0. The van der Waals surface area contributed by atoms with Crippen LogP contribution < -0.4 is 9.80 Å². The molecule has 22 heavy (non-hydrogen) atoms. The Morgan fingerprint density at radius 1 is 0.864 bits per heavy atom. The molecule has 0 unspecified atom stereocenters. The zero-order valence-corrected chi connectivity index (χ0v) is 11.8. The van der Waals surface area contributed by atoms with Crippen molar-refractivity contribution in [2.24, 2.45) is 0 Å². The highest BCUT2D eigenvalue weighted by Crippen LogP contribution is 2.31. The van der Waals surface area contributed by atoms with E-state index in [1.165, 1.54) is 12.1 Å². The Hall–Kier alpha value is -2.31. The topological polar surface area (TPSA) is 32.3 Å². The Balaban J connectivity index is 1.69. The van der Waals surface area contributed by atoms with Gasteiger partial charge < -0.3 is 9.80 Å². The van der Waals surface area contributed by atoms with Crippen LogP contribution in [0.1, 0.15) is 5.56 Å². The SMILES string of the molecule is FC(F)(F)c1cccc(N2CCN(c3ncccn3)CC2)c1. The first-order chi connectivity index (χ1) is 10.5. The van der Waals surface area contributed by atoms with E-state index in [0.717, 1.165) is 6.07 Å². The Kier molecular flexibility index (Phi) is 3.87. The highest BCUT2D eigenvalue weighted by atomic mass is 19.4. The summed E-state index contributed by atoms with van der Waals surface area (Å²) in [5, 5.41) is 0. The van der Waals surface area contributed by atoms with Crippen molar-refractivity contribution in [2.75, 3.05) is 36.0 Å². The van der Waals surface area contributed by atoms with Crippen molar-refractivity contribution in [3.8, 4) is 0 Å². The number of piperazine rings is 1. The van der Waals surface area contributed by atoms with E-state index >= 15 is 0 Å². The normalized spacial score (nSPS) is 16.0. The van der Waals surface area contributed by atoms with Crippen LogP contribution in [0.3, 0.4) is 0 Å². The minimum absolute atomic E-state index is 0.600. The fourth-order valence-corrected chi connectivity index (χ4v) is 2.50. The zero-order valence-electron chi connectivity index (χ0n) is 11.8. The molecule has 0 N–H and O–H groups in total. The standard InChI is InChI=1S/C15H15F3N4/c16-15(17,18)12-3-1-4-13(11-12)21-7-9-22(10-8-21)14-19-5-2-6-20-14/h1-6,11H,7-10H2. The van der Waals surface area contributed by atoms with E-state index in [-0.39, 0.29) is 0 Å². The fourth-order valence-electron chi connectivity index (χ4n) is 2.50. The van der Waals surface area contributed by atoms with Gasteiger partial charge >= 0.3 is 6.18 Å². The molecule has 1 aromatic heterocycles. The molecule has 1 aliphatic heterocycles. The van der Waals surface area contributed by atoms with Crippen LogP contribution in [0.25, 0.3) is 0 Å². The number of alkyl halides is 3. The molecule has 1 fully saturated rings. The first-order valence-corrected chi connectivity index (χ1v) is 6.98. The number of hydrogen-bond acceptors (Lipinski definition) is 4. The molecule has 0 radical (unpaired) electrons. The second kappa shape index (κ2) is 5.82. The summed E-state index contributed by atoms with van der Waals surface area (Å²) in [5.74, 6) is 0.659. The lowest BCUT2D eigenvalue weighted by Crippen LogP contribution is -2.47. The lowest BCUT2D eigenvalue weighted by Gasteiger charge is -2.36. The van der Waals surface area contributed by atoms with Crippen molar-refractivity contribution in [3.05, 3.63) is 48.3 Å². The largest absolute Gasteiger partial charge is 0.416 e. The van der Waals surface area contributed by atoms with E-state index in [0.29, 0.717) is 37.8 Å². The molecule has 0 aliphatic carbocycles. The Morgan fingerprint density at radius 2 is 1.50 bits per heavy atom. The van der Waals surface area contributed by atoms with Crippen LogP contribution in [0.15, 0.2) is 42.7 Å². The number of aromatic nitrogens is 2. The predicted octanol–water partition coefficient (Wildman–Crippen LogP) is 2.82. The Bertz CT molecular complexity index is 622. The molecule has 116 valence electrons. The number of rotatable bonds is 2. The lowest BCUT2D eigenvalue weighted by molar-refractivity contribution is -0.137. The lowest BCUT2D eigenvalue weighted by atomic mass is 10.1. The number of anilines is 2. The third-order valence-electron chi connectivity index (χ3n) is 3.65. The van der Waals surface area contributed by atoms with Crippen LogP contribution in [0.4, 0.5) is 24.8 Å². The highest BCUT2D eigenvalue weighted by Gasteiger charge is 2.31. The Morgan fingerprint density at radius 3 is 2.14 bits per heavy atom. The third-order valence-corrected chi connectivity index (χ3v) is 3.65. The van der Waals surface area contributed by atoms with Crippen LogP contribution in [-0.4, -0.2) is 36.1 Å². The van der Waals surface area contributed by atoms with Crippen molar-refractivity contribution >= 4 is 11.6 Å². The van der Waals surface area contributed by atoms with Gasteiger partial charge in [0.15, 0.2) is 0 Å². The summed E-state index contributed by atoms with van der Waals surface area (Å²) in [5.41, 5.74) is -0.0118. The van der Waals surface area contributed by atoms with Gasteiger partial charge in [-0.2, -0.15) is 13.2 Å². The average Bonchev–Trinajstić information content (AvgIpc) is 2.55. The molecule has 1 aromatic carbocycles. The van der Waals surface area contributed by atoms with Crippen LogP contribution in [0.5, 0.6) is 0 Å². The molecule has 1 saturated heterocycles.